The van der Waals surface area contributed by atoms with Crippen molar-refractivity contribution in [2.75, 3.05) is 6.61 Å². The molecule has 0 aromatic heterocycles. The third-order valence-electron chi connectivity index (χ3n) is 1.12. The van der Waals surface area contributed by atoms with Crippen molar-refractivity contribution in [3.8, 4) is 5.75 Å². The summed E-state index contributed by atoms with van der Waals surface area (Å²) >= 11 is 0. The van der Waals surface area contributed by atoms with E-state index in [9.17, 15) is 4.39 Å². The van der Waals surface area contributed by atoms with Gasteiger partial charge in [0.2, 0.25) is 0 Å². The molecule has 0 radical (unpaired) electrons. The third-order valence-corrected chi connectivity index (χ3v) is 1.12. The zero-order valence-corrected chi connectivity index (χ0v) is 5.80. The molecule has 0 aliphatic carbocycles. The molecule has 0 heterocycles. The number of benzene rings is 1. The first kappa shape index (κ1) is 7.06. The lowest BCUT2D eigenvalue weighted by molar-refractivity contribution is 0.339. The largest absolute Gasteiger partial charge is 0.494 e. The van der Waals surface area contributed by atoms with Crippen molar-refractivity contribution in [1.82, 2.24) is 0 Å². The molecule has 2 heteroatoms. The van der Waals surface area contributed by atoms with Gasteiger partial charge in [0.05, 0.1) is 6.61 Å². The van der Waals surface area contributed by atoms with Crippen molar-refractivity contribution >= 4 is 0 Å². The third kappa shape index (κ3) is 1.72. The van der Waals surface area contributed by atoms with E-state index in [1.807, 2.05) is 6.92 Å². The van der Waals surface area contributed by atoms with E-state index in [1.165, 1.54) is 12.1 Å². The van der Waals surface area contributed by atoms with E-state index in [0.717, 1.165) is 0 Å². The van der Waals surface area contributed by atoms with E-state index in [2.05, 4.69) is 0 Å². The number of halogens is 1. The monoisotopic (exact) mass is 140 g/mol. The van der Waals surface area contributed by atoms with Crippen molar-refractivity contribution in [2.45, 2.75) is 6.92 Å². The summed E-state index contributed by atoms with van der Waals surface area (Å²) in [5.74, 6) is 0.479. The highest BCUT2D eigenvalue weighted by molar-refractivity contribution is 5.21. The minimum Gasteiger partial charge on any atom is -0.494 e. The van der Waals surface area contributed by atoms with E-state index in [1.54, 1.807) is 12.1 Å². The Bertz CT molecular complexity index is 193. The van der Waals surface area contributed by atoms with Crippen LogP contribution in [0, 0.1) is 5.82 Å². The van der Waals surface area contributed by atoms with Crippen molar-refractivity contribution < 1.29 is 9.13 Å². The fourth-order valence-corrected chi connectivity index (χ4v) is 0.697. The van der Waals surface area contributed by atoms with E-state index in [0.29, 0.717) is 12.4 Å². The SMILES string of the molecule is CCOc1ccc(F)cc1. The Morgan fingerprint density at radius 2 is 1.90 bits per heavy atom. The first-order chi connectivity index (χ1) is 4.83. The Hall–Kier alpha value is -1.05. The predicted octanol–water partition coefficient (Wildman–Crippen LogP) is 2.22. The summed E-state index contributed by atoms with van der Waals surface area (Å²) in [6.45, 7) is 2.51. The minimum absolute atomic E-state index is 0.233. The molecular weight excluding hydrogens is 131 g/mol. The number of rotatable bonds is 2. The zero-order chi connectivity index (χ0) is 7.40. The van der Waals surface area contributed by atoms with Gasteiger partial charge in [-0.05, 0) is 31.2 Å². The summed E-state index contributed by atoms with van der Waals surface area (Å²) in [6, 6.07) is 5.98. The van der Waals surface area contributed by atoms with Crippen molar-refractivity contribution in [1.29, 1.82) is 0 Å². The molecule has 1 aromatic carbocycles. The molecule has 1 nitrogen and oxygen atoms in total. The van der Waals surface area contributed by atoms with Crippen molar-refractivity contribution in [3.63, 3.8) is 0 Å². The number of hydrogen-bond acceptors (Lipinski definition) is 1. The van der Waals surface area contributed by atoms with Crippen molar-refractivity contribution in [3.05, 3.63) is 30.1 Å². The van der Waals surface area contributed by atoms with Crippen LogP contribution < -0.4 is 4.74 Å². The molecule has 1 rings (SSSR count). The molecular formula is C8H9FO. The zero-order valence-electron chi connectivity index (χ0n) is 5.80. The van der Waals surface area contributed by atoms with Crippen LogP contribution >= 0.6 is 0 Å². The second-order valence-corrected chi connectivity index (χ2v) is 1.89. The van der Waals surface area contributed by atoms with Gasteiger partial charge in [-0.15, -0.1) is 0 Å². The van der Waals surface area contributed by atoms with Crippen LogP contribution in [0.5, 0.6) is 5.75 Å². The maximum atomic E-state index is 12.3. The highest BCUT2D eigenvalue weighted by Crippen LogP contribution is 2.10. The molecule has 0 fully saturated rings. The van der Waals surface area contributed by atoms with E-state index >= 15 is 0 Å². The Balaban J connectivity index is 2.69. The average molecular weight is 140 g/mol. The Labute approximate surface area is 59.4 Å². The summed E-state index contributed by atoms with van der Waals surface area (Å²) < 4.78 is 17.4. The first-order valence-corrected chi connectivity index (χ1v) is 3.21. The highest BCUT2D eigenvalue weighted by atomic mass is 19.1. The van der Waals surface area contributed by atoms with Crippen LogP contribution in [0.2, 0.25) is 0 Å². The van der Waals surface area contributed by atoms with Gasteiger partial charge in [0.25, 0.3) is 0 Å². The summed E-state index contributed by atoms with van der Waals surface area (Å²) in [4.78, 5) is 0. The molecule has 0 aliphatic heterocycles. The van der Waals surface area contributed by atoms with E-state index < -0.39 is 0 Å². The normalized spacial score (nSPS) is 9.40. The van der Waals surface area contributed by atoms with Gasteiger partial charge in [0, 0.05) is 0 Å². The smallest absolute Gasteiger partial charge is 0.123 e. The lowest BCUT2D eigenvalue weighted by atomic mass is 10.3. The predicted molar refractivity (Wildman–Crippen MR) is 37.6 cm³/mol. The molecule has 1 aromatic rings. The summed E-state index contributed by atoms with van der Waals surface area (Å²) in [5, 5.41) is 0. The van der Waals surface area contributed by atoms with Crippen LogP contribution in [-0.2, 0) is 0 Å². The van der Waals surface area contributed by atoms with Gasteiger partial charge >= 0.3 is 0 Å². The standard InChI is InChI=1S/C8H9FO/c1-2-10-8-5-3-7(9)4-6-8/h3-6H,2H2,1H3. The van der Waals surface area contributed by atoms with Crippen LogP contribution in [0.1, 0.15) is 6.92 Å². The second kappa shape index (κ2) is 3.20. The molecule has 0 saturated heterocycles. The molecule has 0 amide bonds. The van der Waals surface area contributed by atoms with E-state index in [4.69, 9.17) is 4.74 Å². The van der Waals surface area contributed by atoms with Crippen LogP contribution in [0.25, 0.3) is 0 Å². The topological polar surface area (TPSA) is 9.23 Å². The van der Waals surface area contributed by atoms with E-state index in [-0.39, 0.29) is 5.82 Å². The lowest BCUT2D eigenvalue weighted by Crippen LogP contribution is -1.90. The highest BCUT2D eigenvalue weighted by Gasteiger charge is 1.90. The quantitative estimate of drug-likeness (QED) is 0.612. The van der Waals surface area contributed by atoms with Gasteiger partial charge in [-0.1, -0.05) is 0 Å². The van der Waals surface area contributed by atoms with Gasteiger partial charge in [0.15, 0.2) is 0 Å². The molecule has 0 N–H and O–H groups in total. The maximum absolute atomic E-state index is 12.3. The summed E-state index contributed by atoms with van der Waals surface area (Å²) in [7, 11) is 0. The van der Waals surface area contributed by atoms with Crippen LogP contribution in [-0.4, -0.2) is 6.61 Å². The molecule has 0 atom stereocenters. The Kier molecular flexibility index (Phi) is 2.26. The van der Waals surface area contributed by atoms with Gasteiger partial charge in [-0.25, -0.2) is 4.39 Å². The maximum Gasteiger partial charge on any atom is 0.123 e. The average Bonchev–Trinajstić information content (AvgIpc) is 1.95. The number of hydrogen-bond donors (Lipinski definition) is 0. The first-order valence-electron chi connectivity index (χ1n) is 3.21. The number of ether oxygens (including phenoxy) is 1. The molecule has 10 heavy (non-hydrogen) atoms. The van der Waals surface area contributed by atoms with Gasteiger partial charge in [-0.3, -0.25) is 0 Å². The van der Waals surface area contributed by atoms with Crippen LogP contribution in [0.4, 0.5) is 4.39 Å². The van der Waals surface area contributed by atoms with Crippen molar-refractivity contribution in [2.24, 2.45) is 0 Å². The second-order valence-electron chi connectivity index (χ2n) is 1.89. The molecule has 0 aliphatic rings. The van der Waals surface area contributed by atoms with Crippen LogP contribution in [0.15, 0.2) is 24.3 Å². The van der Waals surface area contributed by atoms with Gasteiger partial charge < -0.3 is 4.74 Å². The fourth-order valence-electron chi connectivity index (χ4n) is 0.697. The summed E-state index contributed by atoms with van der Waals surface area (Å²) in [6.07, 6.45) is 0. The lowest BCUT2D eigenvalue weighted by Gasteiger charge is -2.00. The Morgan fingerprint density at radius 1 is 1.30 bits per heavy atom. The minimum atomic E-state index is -0.233. The molecule has 54 valence electrons. The van der Waals surface area contributed by atoms with Gasteiger partial charge in [-0.2, -0.15) is 0 Å². The summed E-state index contributed by atoms with van der Waals surface area (Å²) in [5.41, 5.74) is 0. The Morgan fingerprint density at radius 3 is 2.40 bits per heavy atom. The molecule has 0 spiro atoms. The van der Waals surface area contributed by atoms with Crippen LogP contribution in [0.3, 0.4) is 0 Å². The molecule has 0 bridgehead atoms. The fraction of sp³-hybridized carbons (Fsp3) is 0.250. The molecule has 0 unspecified atom stereocenters. The molecule has 0 saturated carbocycles. The van der Waals surface area contributed by atoms with Gasteiger partial charge in [0.1, 0.15) is 11.6 Å².